The number of nitrogens with zero attached hydrogens (tertiary/aromatic N) is 3. The van der Waals surface area contributed by atoms with E-state index in [0.29, 0.717) is 30.6 Å². The summed E-state index contributed by atoms with van der Waals surface area (Å²) in [6.45, 7) is 9.95. The Labute approximate surface area is 262 Å². The van der Waals surface area contributed by atoms with Crippen molar-refractivity contribution in [2.75, 3.05) is 26.2 Å². The van der Waals surface area contributed by atoms with Gasteiger partial charge >= 0.3 is 12.2 Å². The van der Waals surface area contributed by atoms with E-state index in [1.165, 1.54) is 24.3 Å². The monoisotopic (exact) mass is 633 g/mol. The molecule has 2 aliphatic heterocycles. The van der Waals surface area contributed by atoms with E-state index in [2.05, 4.69) is 10.6 Å². The Balaban J connectivity index is 2.09. The summed E-state index contributed by atoms with van der Waals surface area (Å²) in [5.41, 5.74) is -2.10. The minimum atomic E-state index is -1.65. The Morgan fingerprint density at radius 1 is 0.667 bits per heavy atom. The highest BCUT2D eigenvalue weighted by molar-refractivity contribution is 6.13. The Bertz CT molecular complexity index is 1180. The fourth-order valence-corrected chi connectivity index (χ4v) is 4.15. The summed E-state index contributed by atoms with van der Waals surface area (Å²) < 4.78 is 10.8. The third kappa shape index (κ3) is 12.2. The van der Waals surface area contributed by atoms with Crippen LogP contribution >= 0.6 is 0 Å². The van der Waals surface area contributed by atoms with E-state index in [4.69, 9.17) is 9.47 Å². The molecule has 0 saturated carbocycles. The van der Waals surface area contributed by atoms with Crippen LogP contribution in [0.25, 0.3) is 0 Å². The summed E-state index contributed by atoms with van der Waals surface area (Å²) in [6.07, 6.45) is 3.27. The molecular weight excluding hydrogens is 590 g/mol. The quantitative estimate of drug-likeness (QED) is 0.210. The van der Waals surface area contributed by atoms with Gasteiger partial charge in [-0.05, 0) is 67.2 Å². The molecule has 2 N–H and O–H groups in total. The summed E-state index contributed by atoms with van der Waals surface area (Å²) in [6, 6.07) is -1.65. The summed E-state index contributed by atoms with van der Waals surface area (Å²) in [4.78, 5) is 102. The number of imide groups is 3. The van der Waals surface area contributed by atoms with E-state index in [1.54, 1.807) is 41.5 Å². The average Bonchev–Trinajstić information content (AvgIpc) is 3.40. The van der Waals surface area contributed by atoms with Gasteiger partial charge in [0.15, 0.2) is 0 Å². The van der Waals surface area contributed by atoms with Crippen LogP contribution in [0.5, 0.6) is 0 Å². The van der Waals surface area contributed by atoms with Crippen molar-refractivity contribution in [1.82, 2.24) is 25.3 Å². The van der Waals surface area contributed by atoms with Gasteiger partial charge in [-0.1, -0.05) is 0 Å². The number of hydrogen-bond donors (Lipinski definition) is 2. The normalized spacial score (nSPS) is 15.4. The second-order valence-corrected chi connectivity index (χ2v) is 12.4. The first-order valence-electron chi connectivity index (χ1n) is 14.8. The highest BCUT2D eigenvalue weighted by Crippen LogP contribution is 2.19. The van der Waals surface area contributed by atoms with E-state index >= 15 is 0 Å². The molecule has 1 unspecified atom stereocenters. The number of amides is 8. The maximum absolute atomic E-state index is 13.4. The summed E-state index contributed by atoms with van der Waals surface area (Å²) in [5, 5.41) is 5.24. The third-order valence-corrected chi connectivity index (χ3v) is 6.21. The zero-order valence-electron chi connectivity index (χ0n) is 26.7. The molecule has 2 aliphatic rings. The van der Waals surface area contributed by atoms with E-state index in [1.807, 2.05) is 0 Å². The largest absolute Gasteiger partial charge is 0.443 e. The van der Waals surface area contributed by atoms with Gasteiger partial charge in [-0.2, -0.15) is 4.90 Å². The van der Waals surface area contributed by atoms with Crippen molar-refractivity contribution in [3.8, 4) is 0 Å². The van der Waals surface area contributed by atoms with E-state index in [-0.39, 0.29) is 26.2 Å². The Hall–Kier alpha value is -4.56. The zero-order valence-corrected chi connectivity index (χ0v) is 26.7. The van der Waals surface area contributed by atoms with Crippen LogP contribution in [0.4, 0.5) is 9.59 Å². The Morgan fingerprint density at radius 3 is 1.42 bits per heavy atom. The first-order valence-corrected chi connectivity index (χ1v) is 14.8. The summed E-state index contributed by atoms with van der Waals surface area (Å²) in [5.74, 6) is -3.13. The molecule has 2 rings (SSSR count). The maximum atomic E-state index is 13.4. The number of unbranched alkanes of at least 4 members (excludes halogenated alkanes) is 2. The molecule has 0 aromatic rings. The van der Waals surface area contributed by atoms with E-state index < -0.39 is 71.3 Å². The maximum Gasteiger partial charge on any atom is 0.420 e. The minimum Gasteiger partial charge on any atom is -0.443 e. The predicted octanol–water partition coefficient (Wildman–Crippen LogP) is 1.56. The van der Waals surface area contributed by atoms with Crippen molar-refractivity contribution in [3.63, 3.8) is 0 Å². The van der Waals surface area contributed by atoms with Gasteiger partial charge in [-0.25, -0.2) is 9.59 Å². The lowest BCUT2D eigenvalue weighted by atomic mass is 10.1. The molecular formula is C30H43N5O10. The number of hydrogen-bond acceptors (Lipinski definition) is 10. The van der Waals surface area contributed by atoms with Crippen molar-refractivity contribution >= 4 is 47.6 Å². The van der Waals surface area contributed by atoms with Gasteiger partial charge in [-0.15, -0.1) is 0 Å². The molecule has 0 fully saturated rings. The second kappa shape index (κ2) is 16.0. The summed E-state index contributed by atoms with van der Waals surface area (Å²) in [7, 11) is 0. The van der Waals surface area contributed by atoms with Crippen molar-refractivity contribution in [2.24, 2.45) is 0 Å². The Morgan fingerprint density at radius 2 is 1.04 bits per heavy atom. The molecule has 0 saturated heterocycles. The molecule has 15 heteroatoms. The van der Waals surface area contributed by atoms with Crippen LogP contribution in [0.2, 0.25) is 0 Å². The SMILES string of the molecule is CC(C)(C)OC(=O)N(C(=O)OC(C)(C)C)C(CC(=O)NCCCCN1C(=O)C=CC1=O)C(=O)NCCCCN1C(=O)C=CC1=O. The van der Waals surface area contributed by atoms with Gasteiger partial charge < -0.3 is 20.1 Å². The molecule has 0 spiro atoms. The first-order chi connectivity index (χ1) is 20.9. The van der Waals surface area contributed by atoms with Crippen LogP contribution in [0, 0.1) is 0 Å². The van der Waals surface area contributed by atoms with Gasteiger partial charge in [-0.3, -0.25) is 38.6 Å². The lowest BCUT2D eigenvalue weighted by molar-refractivity contribution is -0.138. The van der Waals surface area contributed by atoms with Crippen molar-refractivity contribution in [1.29, 1.82) is 0 Å². The molecule has 2 heterocycles. The molecule has 248 valence electrons. The number of ether oxygens (including phenoxy) is 2. The highest BCUT2D eigenvalue weighted by atomic mass is 16.6. The number of nitrogens with one attached hydrogen (secondary N) is 2. The van der Waals surface area contributed by atoms with Crippen LogP contribution in [-0.2, 0) is 38.2 Å². The molecule has 0 aliphatic carbocycles. The topological polar surface area (TPSA) is 189 Å². The molecule has 0 bridgehead atoms. The number of rotatable bonds is 14. The van der Waals surface area contributed by atoms with Crippen LogP contribution < -0.4 is 10.6 Å². The highest BCUT2D eigenvalue weighted by Gasteiger charge is 2.41. The Kier molecular flexibility index (Phi) is 13.0. The molecule has 0 radical (unpaired) electrons. The van der Waals surface area contributed by atoms with Crippen LogP contribution in [0.15, 0.2) is 24.3 Å². The standard InChI is InChI=1S/C30H43N5O10/c1-29(2,3)44-27(42)35(28(43)45-30(4,5)6)20(26(41)32-16-8-10-18-34-24(39)13-14-25(34)40)19-21(36)31-15-7-9-17-33-22(37)11-12-23(33)38/h11-14,20H,7-10,15-19H2,1-6H3,(H,31,36)(H,32,41). The van der Waals surface area contributed by atoms with Gasteiger partial charge in [0.1, 0.15) is 17.2 Å². The zero-order chi connectivity index (χ0) is 33.9. The molecule has 45 heavy (non-hydrogen) atoms. The number of carbonyl (C=O) groups excluding carboxylic acids is 8. The van der Waals surface area contributed by atoms with Gasteiger partial charge in [0.25, 0.3) is 23.6 Å². The molecule has 0 aromatic heterocycles. The fraction of sp³-hybridized carbons (Fsp3) is 0.600. The van der Waals surface area contributed by atoms with E-state index in [0.717, 1.165) is 9.80 Å². The van der Waals surface area contributed by atoms with E-state index in [9.17, 15) is 38.4 Å². The molecule has 0 aromatic carbocycles. The fourth-order valence-electron chi connectivity index (χ4n) is 4.15. The molecule has 15 nitrogen and oxygen atoms in total. The summed E-state index contributed by atoms with van der Waals surface area (Å²) >= 11 is 0. The van der Waals surface area contributed by atoms with Crippen LogP contribution in [0.1, 0.15) is 73.6 Å². The van der Waals surface area contributed by atoms with Crippen molar-refractivity contribution in [2.45, 2.75) is 90.9 Å². The predicted molar refractivity (Wildman–Crippen MR) is 159 cm³/mol. The lowest BCUT2D eigenvalue weighted by Gasteiger charge is -2.32. The second-order valence-electron chi connectivity index (χ2n) is 12.4. The van der Waals surface area contributed by atoms with Gasteiger partial charge in [0.05, 0.1) is 6.42 Å². The average molecular weight is 634 g/mol. The van der Waals surface area contributed by atoms with Gasteiger partial charge in [0.2, 0.25) is 11.8 Å². The van der Waals surface area contributed by atoms with Crippen molar-refractivity contribution in [3.05, 3.63) is 24.3 Å². The lowest BCUT2D eigenvalue weighted by Crippen LogP contribution is -2.56. The minimum absolute atomic E-state index is 0.0554. The molecule has 8 amide bonds. The first kappa shape index (κ1) is 36.6. The van der Waals surface area contributed by atoms with Crippen LogP contribution in [0.3, 0.4) is 0 Å². The molecule has 1 atom stereocenters. The number of carbonyl (C=O) groups is 8. The van der Waals surface area contributed by atoms with Crippen LogP contribution in [-0.4, -0.2) is 106 Å². The smallest absolute Gasteiger partial charge is 0.420 e. The van der Waals surface area contributed by atoms with Gasteiger partial charge in [0, 0.05) is 50.5 Å². The third-order valence-electron chi connectivity index (χ3n) is 6.21. The van der Waals surface area contributed by atoms with Crippen molar-refractivity contribution < 1.29 is 47.8 Å².